The Balaban J connectivity index is 1.60. The first-order chi connectivity index (χ1) is 13.1. The van der Waals surface area contributed by atoms with E-state index in [9.17, 15) is 4.79 Å². The highest BCUT2D eigenvalue weighted by molar-refractivity contribution is 8.00. The SMILES string of the molecule is COc1cc(NC(=O)C(C)Sc2n[nH]c(Cc3cccs3)n2)cc(OC)c1. The third-order valence-corrected chi connectivity index (χ3v) is 5.54. The fourth-order valence-electron chi connectivity index (χ4n) is 2.32. The second-order valence-corrected chi connectivity index (χ2v) is 8.01. The Morgan fingerprint density at radius 3 is 2.67 bits per heavy atom. The van der Waals surface area contributed by atoms with Crippen LogP contribution < -0.4 is 14.8 Å². The molecule has 0 bridgehead atoms. The van der Waals surface area contributed by atoms with Gasteiger partial charge in [0.25, 0.3) is 0 Å². The number of nitrogens with zero attached hydrogens (tertiary/aromatic N) is 2. The van der Waals surface area contributed by atoms with E-state index in [1.165, 1.54) is 16.6 Å². The summed E-state index contributed by atoms with van der Waals surface area (Å²) >= 11 is 2.97. The smallest absolute Gasteiger partial charge is 0.237 e. The van der Waals surface area contributed by atoms with Gasteiger partial charge in [-0.15, -0.1) is 16.4 Å². The molecule has 0 saturated carbocycles. The van der Waals surface area contributed by atoms with Gasteiger partial charge in [0.15, 0.2) is 0 Å². The van der Waals surface area contributed by atoms with Gasteiger partial charge in [0.05, 0.1) is 19.5 Å². The van der Waals surface area contributed by atoms with Crippen molar-refractivity contribution in [2.24, 2.45) is 0 Å². The number of anilines is 1. The van der Waals surface area contributed by atoms with E-state index in [4.69, 9.17) is 9.47 Å². The van der Waals surface area contributed by atoms with E-state index in [0.29, 0.717) is 28.8 Å². The molecule has 0 aliphatic carbocycles. The number of H-pyrrole nitrogens is 1. The predicted octanol–water partition coefficient (Wildman–Crippen LogP) is 3.59. The minimum atomic E-state index is -0.368. The number of thiophene rings is 1. The van der Waals surface area contributed by atoms with E-state index < -0.39 is 0 Å². The molecule has 142 valence electrons. The van der Waals surface area contributed by atoms with Gasteiger partial charge in [0.1, 0.15) is 17.3 Å². The average molecular weight is 405 g/mol. The predicted molar refractivity (Wildman–Crippen MR) is 107 cm³/mol. The van der Waals surface area contributed by atoms with Crippen molar-refractivity contribution in [2.75, 3.05) is 19.5 Å². The maximum atomic E-state index is 12.5. The van der Waals surface area contributed by atoms with E-state index >= 15 is 0 Å². The maximum absolute atomic E-state index is 12.5. The number of carbonyl (C=O) groups excluding carboxylic acids is 1. The number of carbonyl (C=O) groups is 1. The summed E-state index contributed by atoms with van der Waals surface area (Å²) < 4.78 is 10.4. The third kappa shape index (κ3) is 5.24. The van der Waals surface area contributed by atoms with Gasteiger partial charge in [0, 0.05) is 35.2 Å². The summed E-state index contributed by atoms with van der Waals surface area (Å²) in [4.78, 5) is 18.2. The van der Waals surface area contributed by atoms with Gasteiger partial charge in [0.2, 0.25) is 11.1 Å². The highest BCUT2D eigenvalue weighted by Crippen LogP contribution is 2.27. The molecule has 3 aromatic rings. The number of amides is 1. The number of methoxy groups -OCH3 is 2. The third-order valence-electron chi connectivity index (χ3n) is 3.70. The van der Waals surface area contributed by atoms with Crippen LogP contribution in [0.1, 0.15) is 17.6 Å². The molecule has 1 aromatic carbocycles. The largest absolute Gasteiger partial charge is 0.497 e. The molecule has 1 unspecified atom stereocenters. The fourth-order valence-corrected chi connectivity index (χ4v) is 3.78. The quantitative estimate of drug-likeness (QED) is 0.558. The van der Waals surface area contributed by atoms with E-state index in [0.717, 1.165) is 5.82 Å². The van der Waals surface area contributed by atoms with E-state index in [2.05, 4.69) is 26.6 Å². The fraction of sp³-hybridized carbons (Fsp3) is 0.278. The van der Waals surface area contributed by atoms with Gasteiger partial charge in [-0.25, -0.2) is 4.98 Å². The van der Waals surface area contributed by atoms with Crippen LogP contribution in [0.25, 0.3) is 0 Å². The van der Waals surface area contributed by atoms with Crippen LogP contribution in [0.5, 0.6) is 11.5 Å². The summed E-state index contributed by atoms with van der Waals surface area (Å²) in [6.07, 6.45) is 0.704. The van der Waals surface area contributed by atoms with E-state index in [1.807, 2.05) is 18.4 Å². The Morgan fingerprint density at radius 2 is 2.04 bits per heavy atom. The van der Waals surface area contributed by atoms with Crippen molar-refractivity contribution in [1.82, 2.24) is 15.2 Å². The standard InChI is InChI=1S/C18H20N4O3S2/c1-11(17(23)19-12-7-13(24-2)9-14(8-12)25-3)27-18-20-16(21-22-18)10-15-5-4-6-26-15/h4-9,11H,10H2,1-3H3,(H,19,23)(H,20,21,22). The topological polar surface area (TPSA) is 89.1 Å². The van der Waals surface area contributed by atoms with E-state index in [1.54, 1.807) is 43.8 Å². The Labute approximate surface area is 165 Å². The number of ether oxygens (including phenoxy) is 2. The average Bonchev–Trinajstić information content (AvgIpc) is 3.33. The highest BCUT2D eigenvalue weighted by Gasteiger charge is 2.18. The number of benzene rings is 1. The highest BCUT2D eigenvalue weighted by atomic mass is 32.2. The second kappa shape index (κ2) is 8.92. The van der Waals surface area contributed by atoms with Crippen molar-refractivity contribution in [2.45, 2.75) is 23.8 Å². The molecule has 0 radical (unpaired) electrons. The molecule has 0 saturated heterocycles. The number of nitrogens with one attached hydrogen (secondary N) is 2. The van der Waals surface area contributed by atoms with Gasteiger partial charge in [-0.3, -0.25) is 9.89 Å². The van der Waals surface area contributed by atoms with Crippen LogP contribution in [0.3, 0.4) is 0 Å². The molecular formula is C18H20N4O3S2. The van der Waals surface area contributed by atoms with Crippen LogP contribution in [0.4, 0.5) is 5.69 Å². The molecule has 1 amide bonds. The molecule has 3 rings (SSSR count). The summed E-state index contributed by atoms with van der Waals surface area (Å²) in [5.74, 6) is 1.85. The molecule has 0 spiro atoms. The Bertz CT molecular complexity index is 874. The zero-order chi connectivity index (χ0) is 19.2. The van der Waals surface area contributed by atoms with Crippen molar-refractivity contribution in [3.63, 3.8) is 0 Å². The Morgan fingerprint density at radius 1 is 1.30 bits per heavy atom. The van der Waals surface area contributed by atoms with Crippen LogP contribution in [0.15, 0.2) is 40.9 Å². The van der Waals surface area contributed by atoms with Crippen molar-refractivity contribution in [3.05, 3.63) is 46.4 Å². The van der Waals surface area contributed by atoms with Gasteiger partial charge >= 0.3 is 0 Å². The molecule has 7 nitrogen and oxygen atoms in total. The lowest BCUT2D eigenvalue weighted by molar-refractivity contribution is -0.115. The summed E-state index contributed by atoms with van der Waals surface area (Å²) in [6, 6.07) is 9.29. The van der Waals surface area contributed by atoms with Crippen molar-refractivity contribution >= 4 is 34.7 Å². The normalized spacial score (nSPS) is 11.8. The van der Waals surface area contributed by atoms with Gasteiger partial charge in [-0.1, -0.05) is 17.8 Å². The number of aromatic nitrogens is 3. The lowest BCUT2D eigenvalue weighted by Gasteiger charge is -2.12. The first kappa shape index (κ1) is 19.2. The second-order valence-electron chi connectivity index (χ2n) is 5.67. The molecule has 9 heteroatoms. The van der Waals surface area contributed by atoms with Crippen molar-refractivity contribution < 1.29 is 14.3 Å². The molecule has 0 aliphatic rings. The van der Waals surface area contributed by atoms with Crippen LogP contribution in [0, 0.1) is 0 Å². The first-order valence-electron chi connectivity index (χ1n) is 8.21. The van der Waals surface area contributed by atoms with Crippen LogP contribution in [0.2, 0.25) is 0 Å². The minimum absolute atomic E-state index is 0.153. The zero-order valence-corrected chi connectivity index (χ0v) is 16.8. The maximum Gasteiger partial charge on any atom is 0.237 e. The molecule has 2 heterocycles. The molecular weight excluding hydrogens is 384 g/mol. The zero-order valence-electron chi connectivity index (χ0n) is 15.2. The summed E-state index contributed by atoms with van der Waals surface area (Å²) in [5.41, 5.74) is 0.608. The van der Waals surface area contributed by atoms with Gasteiger partial charge in [-0.2, -0.15) is 0 Å². The van der Waals surface area contributed by atoms with E-state index in [-0.39, 0.29) is 11.2 Å². The summed E-state index contributed by atoms with van der Waals surface area (Å²) in [7, 11) is 3.13. The molecule has 2 N–H and O–H groups in total. The van der Waals surface area contributed by atoms with Crippen molar-refractivity contribution in [1.29, 1.82) is 0 Å². The van der Waals surface area contributed by atoms with Crippen molar-refractivity contribution in [3.8, 4) is 11.5 Å². The monoisotopic (exact) mass is 404 g/mol. The van der Waals surface area contributed by atoms with Gasteiger partial charge in [-0.05, 0) is 18.4 Å². The number of rotatable bonds is 8. The lowest BCUT2D eigenvalue weighted by atomic mass is 10.2. The summed E-state index contributed by atoms with van der Waals surface area (Å²) in [6.45, 7) is 1.81. The van der Waals surface area contributed by atoms with Crippen LogP contribution >= 0.6 is 23.1 Å². The molecule has 27 heavy (non-hydrogen) atoms. The minimum Gasteiger partial charge on any atom is -0.497 e. The number of hydrogen-bond acceptors (Lipinski definition) is 7. The summed E-state index contributed by atoms with van der Waals surface area (Å²) in [5, 5.41) is 12.2. The first-order valence-corrected chi connectivity index (χ1v) is 9.97. The Hall–Kier alpha value is -2.52. The Kier molecular flexibility index (Phi) is 6.36. The van der Waals surface area contributed by atoms with Crippen LogP contribution in [-0.2, 0) is 11.2 Å². The lowest BCUT2D eigenvalue weighted by Crippen LogP contribution is -2.22. The molecule has 0 aliphatic heterocycles. The molecule has 1 atom stereocenters. The molecule has 0 fully saturated rings. The van der Waals surface area contributed by atoms with Crippen LogP contribution in [-0.4, -0.2) is 40.6 Å². The number of aromatic amines is 1. The molecule has 2 aromatic heterocycles. The van der Waals surface area contributed by atoms with Gasteiger partial charge < -0.3 is 14.8 Å². The number of hydrogen-bond donors (Lipinski definition) is 2. The number of thioether (sulfide) groups is 1.